The van der Waals surface area contributed by atoms with Gasteiger partial charge in [0.2, 0.25) is 0 Å². The Morgan fingerprint density at radius 2 is 1.21 bits per heavy atom. The molecule has 0 radical (unpaired) electrons. The monoisotopic (exact) mass is 619 g/mol. The molecule has 4 heteroatoms. The molecule has 0 unspecified atom stereocenters. The van der Waals surface area contributed by atoms with Crippen LogP contribution < -0.4 is 4.74 Å². The Morgan fingerprint density at radius 3 is 1.98 bits per heavy atom. The second-order valence-corrected chi connectivity index (χ2v) is 12.4. The molecule has 0 atom stereocenters. The van der Waals surface area contributed by atoms with Crippen molar-refractivity contribution in [2.45, 2.75) is 32.1 Å². The molecule has 8 rings (SSSR count). The highest BCUT2D eigenvalue weighted by Crippen LogP contribution is 2.52. The van der Waals surface area contributed by atoms with Crippen LogP contribution in [0.4, 0.5) is 0 Å². The minimum atomic E-state index is -0.153. The van der Waals surface area contributed by atoms with Gasteiger partial charge in [-0.15, -0.1) is 0 Å². The molecule has 0 aliphatic carbocycles. The molecule has 48 heavy (non-hydrogen) atoms. The molecule has 1 aliphatic rings. The van der Waals surface area contributed by atoms with Gasteiger partial charge in [-0.25, -0.2) is 9.97 Å². The first-order chi connectivity index (χ1) is 23.6. The van der Waals surface area contributed by atoms with E-state index in [1.165, 1.54) is 11.1 Å². The summed E-state index contributed by atoms with van der Waals surface area (Å²) in [6.45, 7) is 4.54. The molecule has 7 aromatic rings. The molecule has 1 aliphatic heterocycles. The van der Waals surface area contributed by atoms with Crippen LogP contribution in [-0.4, -0.2) is 9.97 Å². The summed E-state index contributed by atoms with van der Waals surface area (Å²) in [5.41, 5.74) is 10.9. The fourth-order valence-electron chi connectivity index (χ4n) is 7.25. The number of benzene rings is 6. The lowest BCUT2D eigenvalue weighted by molar-refractivity contribution is 0.375. The van der Waals surface area contributed by atoms with Gasteiger partial charge in [0.05, 0.1) is 22.8 Å². The molecule has 0 saturated carbocycles. The standard InChI is InChI=1S/C44H33N3O/c1-3-44(4-2)37-15-9-11-17-40(37)48-41-23-22-32(27-38(41)44)34-24-33(30-20-18-29(28-45)19-21-30)25-35(26-34)43-46-39-16-10-8-14-36(39)42(47-43)31-12-6-5-7-13-31/h5-27H,3-4H2,1-2H3. The first kappa shape index (κ1) is 29.4. The predicted octanol–water partition coefficient (Wildman–Crippen LogP) is 11.4. The van der Waals surface area contributed by atoms with Gasteiger partial charge >= 0.3 is 0 Å². The van der Waals surface area contributed by atoms with Gasteiger partial charge in [-0.3, -0.25) is 0 Å². The highest BCUT2D eigenvalue weighted by atomic mass is 16.5. The van der Waals surface area contributed by atoms with Gasteiger partial charge in [0.15, 0.2) is 5.82 Å². The second kappa shape index (κ2) is 12.0. The Kier molecular flexibility index (Phi) is 7.31. The van der Waals surface area contributed by atoms with Crippen LogP contribution in [0.15, 0.2) is 140 Å². The Hall–Kier alpha value is -6.05. The zero-order valence-corrected chi connectivity index (χ0v) is 26.9. The first-order valence-corrected chi connectivity index (χ1v) is 16.5. The topological polar surface area (TPSA) is 58.8 Å². The number of fused-ring (bicyclic) bond motifs is 3. The van der Waals surface area contributed by atoms with E-state index in [1.54, 1.807) is 0 Å². The summed E-state index contributed by atoms with van der Waals surface area (Å²) in [6, 6.07) is 50.1. The zero-order valence-electron chi connectivity index (χ0n) is 26.9. The van der Waals surface area contributed by atoms with E-state index in [2.05, 4.69) is 98.8 Å². The minimum Gasteiger partial charge on any atom is -0.457 e. The fraction of sp³-hybridized carbons (Fsp3) is 0.114. The molecule has 0 N–H and O–H groups in total. The lowest BCUT2D eigenvalue weighted by Crippen LogP contribution is -2.30. The summed E-state index contributed by atoms with van der Waals surface area (Å²) < 4.78 is 6.48. The van der Waals surface area contributed by atoms with Gasteiger partial charge in [0.1, 0.15) is 11.5 Å². The molecule has 0 saturated heterocycles. The quantitative estimate of drug-likeness (QED) is 0.186. The zero-order chi connectivity index (χ0) is 32.7. The molecule has 4 nitrogen and oxygen atoms in total. The van der Waals surface area contributed by atoms with Crippen LogP contribution in [0.5, 0.6) is 11.5 Å². The summed E-state index contributed by atoms with van der Waals surface area (Å²) in [7, 11) is 0. The van der Waals surface area contributed by atoms with Gasteiger partial charge < -0.3 is 4.74 Å². The molecule has 0 amide bonds. The summed E-state index contributed by atoms with van der Waals surface area (Å²) >= 11 is 0. The molecule has 0 fully saturated rings. The van der Waals surface area contributed by atoms with E-state index in [1.807, 2.05) is 60.7 Å². The lowest BCUT2D eigenvalue weighted by Gasteiger charge is -2.39. The van der Waals surface area contributed by atoms with E-state index in [-0.39, 0.29) is 5.41 Å². The maximum Gasteiger partial charge on any atom is 0.160 e. The number of nitriles is 1. The molecule has 2 heterocycles. The second-order valence-electron chi connectivity index (χ2n) is 12.4. The van der Waals surface area contributed by atoms with Crippen molar-refractivity contribution < 1.29 is 4.74 Å². The first-order valence-electron chi connectivity index (χ1n) is 16.5. The van der Waals surface area contributed by atoms with Crippen LogP contribution in [0, 0.1) is 11.3 Å². The summed E-state index contributed by atoms with van der Waals surface area (Å²) in [4.78, 5) is 10.3. The number of rotatable bonds is 6. The molecule has 0 bridgehead atoms. The van der Waals surface area contributed by atoms with Gasteiger partial charge in [-0.05, 0) is 89.7 Å². The van der Waals surface area contributed by atoms with Gasteiger partial charge in [-0.2, -0.15) is 5.26 Å². The Labute approximate surface area is 281 Å². The van der Waals surface area contributed by atoms with Gasteiger partial charge in [0.25, 0.3) is 0 Å². The van der Waals surface area contributed by atoms with E-state index < -0.39 is 0 Å². The fourth-order valence-corrected chi connectivity index (χ4v) is 7.25. The van der Waals surface area contributed by atoms with Crippen molar-refractivity contribution in [1.82, 2.24) is 9.97 Å². The molecule has 6 aromatic carbocycles. The minimum absolute atomic E-state index is 0.153. The number of hydrogen-bond donors (Lipinski definition) is 0. The van der Waals surface area contributed by atoms with Crippen LogP contribution in [0.1, 0.15) is 43.4 Å². The molecule has 0 spiro atoms. The number of nitrogens with zero attached hydrogens (tertiary/aromatic N) is 3. The van der Waals surface area contributed by atoms with Crippen LogP contribution in [0.3, 0.4) is 0 Å². The average molecular weight is 620 g/mol. The predicted molar refractivity (Wildman–Crippen MR) is 194 cm³/mol. The van der Waals surface area contributed by atoms with E-state index in [0.29, 0.717) is 11.4 Å². The van der Waals surface area contributed by atoms with E-state index >= 15 is 0 Å². The van der Waals surface area contributed by atoms with E-state index in [9.17, 15) is 5.26 Å². The van der Waals surface area contributed by atoms with Crippen molar-refractivity contribution in [1.29, 1.82) is 5.26 Å². The smallest absolute Gasteiger partial charge is 0.160 e. The van der Waals surface area contributed by atoms with Crippen molar-refractivity contribution in [3.05, 3.63) is 156 Å². The molecule has 1 aromatic heterocycles. The number of aromatic nitrogens is 2. The Morgan fingerprint density at radius 1 is 0.562 bits per heavy atom. The van der Waals surface area contributed by atoms with Crippen molar-refractivity contribution >= 4 is 10.9 Å². The SMILES string of the molecule is CCC1(CC)c2ccccc2Oc2ccc(-c3cc(-c4ccc(C#N)cc4)cc(-c4nc(-c5ccccc5)c5ccccc5n4)c3)cc21. The normalized spacial score (nSPS) is 12.9. The van der Waals surface area contributed by atoms with E-state index in [0.717, 1.165) is 74.3 Å². The number of para-hydroxylation sites is 2. The molecular formula is C44H33N3O. The average Bonchev–Trinajstić information content (AvgIpc) is 3.16. The third kappa shape index (κ3) is 4.92. The summed E-state index contributed by atoms with van der Waals surface area (Å²) in [6.07, 6.45) is 1.92. The van der Waals surface area contributed by atoms with Crippen LogP contribution in [0.2, 0.25) is 0 Å². The van der Waals surface area contributed by atoms with E-state index in [4.69, 9.17) is 14.7 Å². The van der Waals surface area contributed by atoms with Crippen LogP contribution >= 0.6 is 0 Å². The third-order valence-electron chi connectivity index (χ3n) is 9.85. The third-order valence-corrected chi connectivity index (χ3v) is 9.85. The Bertz CT molecular complexity index is 2350. The molecule has 230 valence electrons. The van der Waals surface area contributed by atoms with Crippen molar-refractivity contribution in [3.8, 4) is 62.5 Å². The summed E-state index contributed by atoms with van der Waals surface area (Å²) in [5.74, 6) is 2.51. The van der Waals surface area contributed by atoms with Gasteiger partial charge in [-0.1, -0.05) is 98.8 Å². The van der Waals surface area contributed by atoms with Crippen LogP contribution in [-0.2, 0) is 5.41 Å². The Balaban J connectivity index is 1.34. The largest absolute Gasteiger partial charge is 0.457 e. The van der Waals surface area contributed by atoms with Gasteiger partial charge in [0, 0.05) is 33.1 Å². The number of hydrogen-bond acceptors (Lipinski definition) is 4. The van der Waals surface area contributed by atoms with Crippen molar-refractivity contribution in [3.63, 3.8) is 0 Å². The maximum absolute atomic E-state index is 9.46. The van der Waals surface area contributed by atoms with Crippen LogP contribution in [0.25, 0.3) is 55.8 Å². The number of ether oxygens (including phenoxy) is 1. The highest BCUT2D eigenvalue weighted by Gasteiger charge is 2.39. The molecular weight excluding hydrogens is 587 g/mol. The lowest BCUT2D eigenvalue weighted by atomic mass is 9.68. The maximum atomic E-state index is 9.46. The van der Waals surface area contributed by atoms with Crippen molar-refractivity contribution in [2.24, 2.45) is 0 Å². The summed E-state index contributed by atoms with van der Waals surface area (Å²) in [5, 5.41) is 10.5. The van der Waals surface area contributed by atoms with Crippen molar-refractivity contribution in [2.75, 3.05) is 0 Å². The highest BCUT2D eigenvalue weighted by molar-refractivity contribution is 5.94.